The monoisotopic (exact) mass is 232 g/mol. The van der Waals surface area contributed by atoms with Crippen molar-refractivity contribution in [1.29, 1.82) is 0 Å². The van der Waals surface area contributed by atoms with Crippen molar-refractivity contribution in [3.63, 3.8) is 0 Å². The van der Waals surface area contributed by atoms with Gasteiger partial charge >= 0.3 is 0 Å². The molecule has 0 aliphatic rings. The summed E-state index contributed by atoms with van der Waals surface area (Å²) in [7, 11) is 1.65. The third-order valence-electron chi connectivity index (χ3n) is 3.17. The molecule has 0 radical (unpaired) electrons. The van der Waals surface area contributed by atoms with Crippen molar-refractivity contribution in [2.45, 2.75) is 26.7 Å². The van der Waals surface area contributed by atoms with Crippen LogP contribution in [-0.4, -0.2) is 7.11 Å². The van der Waals surface area contributed by atoms with Gasteiger partial charge in [-0.05, 0) is 52.9 Å². The highest BCUT2D eigenvalue weighted by Gasteiger charge is 2.12. The molecule has 90 valence electrons. The zero-order valence-corrected chi connectivity index (χ0v) is 10.7. The van der Waals surface area contributed by atoms with Crippen LogP contribution in [0.15, 0.2) is 24.3 Å². The van der Waals surface area contributed by atoms with Crippen LogP contribution in [0.2, 0.25) is 0 Å². The SMILES string of the molecule is COc1cc(C(C)C)c2c(C)c(F)ccc2c1. The van der Waals surface area contributed by atoms with Crippen LogP contribution in [0.1, 0.15) is 30.9 Å². The van der Waals surface area contributed by atoms with Gasteiger partial charge in [-0.25, -0.2) is 4.39 Å². The average Bonchev–Trinajstić information content (AvgIpc) is 2.32. The molecule has 0 fully saturated rings. The molecule has 0 aromatic heterocycles. The molecule has 0 bridgehead atoms. The van der Waals surface area contributed by atoms with Crippen LogP contribution in [-0.2, 0) is 0 Å². The lowest BCUT2D eigenvalue weighted by Gasteiger charge is -2.15. The van der Waals surface area contributed by atoms with Gasteiger partial charge in [0.15, 0.2) is 0 Å². The molecule has 0 heterocycles. The quantitative estimate of drug-likeness (QED) is 0.744. The lowest BCUT2D eigenvalue weighted by atomic mass is 9.92. The smallest absolute Gasteiger partial charge is 0.126 e. The summed E-state index contributed by atoms with van der Waals surface area (Å²) in [4.78, 5) is 0. The maximum absolute atomic E-state index is 13.6. The molecule has 2 aromatic carbocycles. The first-order valence-electron chi connectivity index (χ1n) is 5.81. The van der Waals surface area contributed by atoms with Crippen LogP contribution >= 0.6 is 0 Å². The normalized spacial score (nSPS) is 11.2. The summed E-state index contributed by atoms with van der Waals surface area (Å²) in [6.07, 6.45) is 0. The van der Waals surface area contributed by atoms with E-state index in [1.807, 2.05) is 25.1 Å². The number of benzene rings is 2. The Hall–Kier alpha value is -1.57. The fourth-order valence-corrected chi connectivity index (χ4v) is 2.20. The van der Waals surface area contributed by atoms with Crippen LogP contribution in [0.5, 0.6) is 5.75 Å². The maximum Gasteiger partial charge on any atom is 0.126 e. The molecular formula is C15H17FO. The van der Waals surface area contributed by atoms with Crippen LogP contribution in [0.25, 0.3) is 10.8 Å². The fourth-order valence-electron chi connectivity index (χ4n) is 2.20. The highest BCUT2D eigenvalue weighted by atomic mass is 19.1. The molecule has 2 rings (SSSR count). The highest BCUT2D eigenvalue weighted by Crippen LogP contribution is 2.33. The Morgan fingerprint density at radius 1 is 1.18 bits per heavy atom. The van der Waals surface area contributed by atoms with Crippen molar-refractivity contribution in [2.75, 3.05) is 7.11 Å². The summed E-state index contributed by atoms with van der Waals surface area (Å²) in [5, 5.41) is 2.05. The Bertz CT molecular complexity index is 558. The van der Waals surface area contributed by atoms with Crippen molar-refractivity contribution in [3.8, 4) is 5.75 Å². The molecule has 0 amide bonds. The van der Waals surface area contributed by atoms with Crippen LogP contribution in [0.4, 0.5) is 4.39 Å². The summed E-state index contributed by atoms with van der Waals surface area (Å²) in [5.41, 5.74) is 1.85. The molecule has 0 N–H and O–H groups in total. The first kappa shape index (κ1) is 11.9. The number of rotatable bonds is 2. The van der Waals surface area contributed by atoms with E-state index in [0.29, 0.717) is 11.5 Å². The van der Waals surface area contributed by atoms with Crippen molar-refractivity contribution in [2.24, 2.45) is 0 Å². The summed E-state index contributed by atoms with van der Waals surface area (Å²) < 4.78 is 18.9. The molecule has 1 nitrogen and oxygen atoms in total. The van der Waals surface area contributed by atoms with Gasteiger partial charge in [-0.15, -0.1) is 0 Å². The molecule has 0 atom stereocenters. The summed E-state index contributed by atoms with van der Waals surface area (Å²) in [6, 6.07) is 7.28. The topological polar surface area (TPSA) is 9.23 Å². The van der Waals surface area contributed by atoms with Crippen molar-refractivity contribution < 1.29 is 9.13 Å². The van der Waals surface area contributed by atoms with Gasteiger partial charge in [0.25, 0.3) is 0 Å². The third-order valence-corrected chi connectivity index (χ3v) is 3.17. The number of halogens is 1. The second kappa shape index (κ2) is 4.36. The van der Waals surface area contributed by atoms with Crippen LogP contribution in [0, 0.1) is 12.7 Å². The van der Waals surface area contributed by atoms with E-state index in [1.54, 1.807) is 7.11 Å². The second-order valence-electron chi connectivity index (χ2n) is 4.64. The number of hydrogen-bond acceptors (Lipinski definition) is 1. The zero-order valence-electron chi connectivity index (χ0n) is 10.7. The maximum atomic E-state index is 13.6. The van der Waals surface area contributed by atoms with Crippen LogP contribution in [0.3, 0.4) is 0 Å². The molecule has 17 heavy (non-hydrogen) atoms. The Morgan fingerprint density at radius 3 is 2.47 bits per heavy atom. The number of aryl methyl sites for hydroxylation is 1. The number of fused-ring (bicyclic) bond motifs is 1. The van der Waals surface area contributed by atoms with Gasteiger partial charge < -0.3 is 4.74 Å². The van der Waals surface area contributed by atoms with Crippen molar-refractivity contribution in [3.05, 3.63) is 41.2 Å². The summed E-state index contributed by atoms with van der Waals surface area (Å²) >= 11 is 0. The predicted octanol–water partition coefficient (Wildman–Crippen LogP) is 4.42. The molecule has 2 aromatic rings. The molecule has 0 saturated carbocycles. The lowest BCUT2D eigenvalue weighted by molar-refractivity contribution is 0.414. The molecule has 0 unspecified atom stereocenters. The van der Waals surface area contributed by atoms with Crippen molar-refractivity contribution in [1.82, 2.24) is 0 Å². The molecule has 0 saturated heterocycles. The molecule has 0 aliphatic carbocycles. The van der Waals surface area contributed by atoms with Crippen LogP contribution < -0.4 is 4.74 Å². The van der Waals surface area contributed by atoms with Gasteiger partial charge in [0.1, 0.15) is 11.6 Å². The number of ether oxygens (including phenoxy) is 1. The Kier molecular flexibility index (Phi) is 3.05. The first-order chi connectivity index (χ1) is 8.04. The van der Waals surface area contributed by atoms with Gasteiger partial charge in [0, 0.05) is 0 Å². The zero-order chi connectivity index (χ0) is 12.6. The second-order valence-corrected chi connectivity index (χ2v) is 4.64. The Morgan fingerprint density at radius 2 is 1.88 bits per heavy atom. The molecule has 2 heteroatoms. The Labute approximate surface area is 101 Å². The number of methoxy groups -OCH3 is 1. The van der Waals surface area contributed by atoms with Gasteiger partial charge in [0.05, 0.1) is 7.11 Å². The van der Waals surface area contributed by atoms with E-state index >= 15 is 0 Å². The molecule has 0 aliphatic heterocycles. The van der Waals surface area contributed by atoms with E-state index in [9.17, 15) is 4.39 Å². The van der Waals surface area contributed by atoms with E-state index in [4.69, 9.17) is 4.74 Å². The van der Waals surface area contributed by atoms with Gasteiger partial charge in [0.2, 0.25) is 0 Å². The summed E-state index contributed by atoms with van der Waals surface area (Å²) in [6.45, 7) is 6.05. The highest BCUT2D eigenvalue weighted by molar-refractivity contribution is 5.90. The minimum absolute atomic E-state index is 0.149. The largest absolute Gasteiger partial charge is 0.497 e. The van der Waals surface area contributed by atoms with E-state index in [2.05, 4.69) is 13.8 Å². The van der Waals surface area contributed by atoms with E-state index in [1.165, 1.54) is 6.07 Å². The fraction of sp³-hybridized carbons (Fsp3) is 0.333. The van der Waals surface area contributed by atoms with E-state index in [0.717, 1.165) is 22.1 Å². The lowest BCUT2D eigenvalue weighted by Crippen LogP contribution is -1.96. The predicted molar refractivity (Wildman–Crippen MR) is 69.3 cm³/mol. The molecular weight excluding hydrogens is 215 g/mol. The van der Waals surface area contributed by atoms with E-state index in [-0.39, 0.29) is 5.82 Å². The van der Waals surface area contributed by atoms with Gasteiger partial charge in [-0.3, -0.25) is 0 Å². The third kappa shape index (κ3) is 1.99. The van der Waals surface area contributed by atoms with Gasteiger partial charge in [-0.2, -0.15) is 0 Å². The van der Waals surface area contributed by atoms with E-state index < -0.39 is 0 Å². The minimum Gasteiger partial charge on any atom is -0.497 e. The minimum atomic E-state index is -0.149. The van der Waals surface area contributed by atoms with Crippen molar-refractivity contribution >= 4 is 10.8 Å². The standard InChI is InChI=1S/C15H17FO/c1-9(2)13-8-12(17-4)7-11-5-6-14(16)10(3)15(11)13/h5-9H,1-4H3. The number of hydrogen-bond donors (Lipinski definition) is 0. The molecule has 0 spiro atoms. The Balaban J connectivity index is 2.87. The first-order valence-corrected chi connectivity index (χ1v) is 5.81. The van der Waals surface area contributed by atoms with Gasteiger partial charge in [-0.1, -0.05) is 19.9 Å². The summed E-state index contributed by atoms with van der Waals surface area (Å²) in [5.74, 6) is 1.02. The average molecular weight is 232 g/mol.